The van der Waals surface area contributed by atoms with Crippen molar-refractivity contribution in [3.05, 3.63) is 23.5 Å². The molecule has 0 bridgehead atoms. The molecule has 6 nitrogen and oxygen atoms in total. The SMILES string of the molecule is CC#CCNC(=O)OC(C)(C)C.CS.O=C1NCCc2[nH]ccc21. The van der Waals surface area contributed by atoms with Crippen LogP contribution in [-0.4, -0.2) is 41.9 Å². The molecule has 1 aliphatic heterocycles. The van der Waals surface area contributed by atoms with E-state index in [0.29, 0.717) is 6.54 Å². The van der Waals surface area contributed by atoms with Gasteiger partial charge in [-0.2, -0.15) is 12.6 Å². The molecule has 1 aromatic heterocycles. The largest absolute Gasteiger partial charge is 0.444 e. The molecule has 24 heavy (non-hydrogen) atoms. The summed E-state index contributed by atoms with van der Waals surface area (Å²) in [6.45, 7) is 8.27. The molecule has 0 atom stereocenters. The van der Waals surface area contributed by atoms with Crippen molar-refractivity contribution in [3.63, 3.8) is 0 Å². The molecule has 2 amide bonds. The number of H-pyrrole nitrogens is 1. The molecule has 0 saturated heterocycles. The lowest BCUT2D eigenvalue weighted by molar-refractivity contribution is 0.0535. The van der Waals surface area contributed by atoms with E-state index < -0.39 is 11.7 Å². The van der Waals surface area contributed by atoms with Gasteiger partial charge in [-0.1, -0.05) is 5.92 Å². The van der Waals surface area contributed by atoms with E-state index in [2.05, 4.69) is 40.1 Å². The van der Waals surface area contributed by atoms with Crippen molar-refractivity contribution < 1.29 is 14.3 Å². The van der Waals surface area contributed by atoms with Crippen molar-refractivity contribution in [2.75, 3.05) is 19.3 Å². The number of thiol groups is 1. The number of carbonyl (C=O) groups excluding carboxylic acids is 2. The predicted octanol–water partition coefficient (Wildman–Crippen LogP) is 2.38. The van der Waals surface area contributed by atoms with Gasteiger partial charge in [0.05, 0.1) is 12.1 Å². The molecule has 134 valence electrons. The summed E-state index contributed by atoms with van der Waals surface area (Å²) in [4.78, 5) is 25.0. The van der Waals surface area contributed by atoms with Gasteiger partial charge in [0.15, 0.2) is 0 Å². The fraction of sp³-hybridized carbons (Fsp3) is 0.529. The van der Waals surface area contributed by atoms with E-state index in [1.54, 1.807) is 19.4 Å². The molecule has 0 spiro atoms. The Balaban J connectivity index is 0.000000402. The Morgan fingerprint density at radius 1 is 1.42 bits per heavy atom. The van der Waals surface area contributed by atoms with Crippen LogP contribution < -0.4 is 10.6 Å². The molecule has 0 fully saturated rings. The quantitative estimate of drug-likeness (QED) is 0.462. The lowest BCUT2D eigenvalue weighted by Gasteiger charge is -2.18. The van der Waals surface area contributed by atoms with E-state index in [0.717, 1.165) is 24.2 Å². The van der Waals surface area contributed by atoms with Crippen LogP contribution in [0.15, 0.2) is 12.3 Å². The Kier molecular flexibility index (Phi) is 10.5. The van der Waals surface area contributed by atoms with Gasteiger partial charge in [0.1, 0.15) is 5.60 Å². The third kappa shape index (κ3) is 9.16. The minimum Gasteiger partial charge on any atom is -0.444 e. The average Bonchev–Trinajstić information content (AvgIpc) is 2.98. The van der Waals surface area contributed by atoms with E-state index in [1.165, 1.54) is 0 Å². The molecule has 0 aliphatic carbocycles. The van der Waals surface area contributed by atoms with Crippen LogP contribution in [0.4, 0.5) is 4.79 Å². The first-order chi connectivity index (χ1) is 11.3. The van der Waals surface area contributed by atoms with Gasteiger partial charge in [0, 0.05) is 24.9 Å². The van der Waals surface area contributed by atoms with Gasteiger partial charge in [-0.05, 0) is 40.0 Å². The topological polar surface area (TPSA) is 83.2 Å². The highest BCUT2D eigenvalue weighted by Gasteiger charge is 2.16. The summed E-state index contributed by atoms with van der Waals surface area (Å²) in [6.07, 6.45) is 3.99. The maximum atomic E-state index is 11.0. The molecule has 0 aromatic carbocycles. The monoisotopic (exact) mass is 353 g/mol. The van der Waals surface area contributed by atoms with Crippen LogP contribution in [0, 0.1) is 11.8 Å². The number of alkyl carbamates (subject to hydrolysis) is 1. The summed E-state index contributed by atoms with van der Waals surface area (Å²) < 4.78 is 4.97. The van der Waals surface area contributed by atoms with Gasteiger partial charge >= 0.3 is 6.09 Å². The van der Waals surface area contributed by atoms with E-state index in [-0.39, 0.29) is 5.91 Å². The lowest BCUT2D eigenvalue weighted by atomic mass is 10.1. The minimum absolute atomic E-state index is 0.0440. The van der Waals surface area contributed by atoms with Crippen LogP contribution in [0.3, 0.4) is 0 Å². The molecule has 2 rings (SSSR count). The minimum atomic E-state index is -0.441. The van der Waals surface area contributed by atoms with Crippen molar-refractivity contribution in [3.8, 4) is 11.8 Å². The standard InChI is InChI=1S/C9H15NO2.C7H8N2O.CH4S/c1-5-6-7-10-8(11)12-9(2,3)4;10-7-5-1-3-8-6(5)2-4-9-7;1-2/h7H2,1-4H3,(H,10,11);1,3,8H,2,4H2,(H,9,10);2H,1H3. The van der Waals surface area contributed by atoms with Gasteiger partial charge in [-0.15, -0.1) is 5.92 Å². The highest BCUT2D eigenvalue weighted by Crippen LogP contribution is 2.10. The van der Waals surface area contributed by atoms with Gasteiger partial charge < -0.3 is 20.4 Å². The third-order valence-electron chi connectivity index (χ3n) is 2.63. The maximum Gasteiger partial charge on any atom is 0.408 e. The van der Waals surface area contributed by atoms with Crippen molar-refractivity contribution in [1.82, 2.24) is 15.6 Å². The number of carbonyl (C=O) groups is 2. The molecule has 1 aliphatic rings. The van der Waals surface area contributed by atoms with Crippen LogP contribution in [0.1, 0.15) is 43.7 Å². The van der Waals surface area contributed by atoms with Crippen LogP contribution in [0.2, 0.25) is 0 Å². The summed E-state index contributed by atoms with van der Waals surface area (Å²) in [5.41, 5.74) is 1.42. The second-order valence-electron chi connectivity index (χ2n) is 5.66. The fourth-order valence-electron chi connectivity index (χ4n) is 1.74. The van der Waals surface area contributed by atoms with Gasteiger partial charge in [0.2, 0.25) is 0 Å². The first-order valence-electron chi connectivity index (χ1n) is 7.59. The van der Waals surface area contributed by atoms with Crippen molar-refractivity contribution >= 4 is 24.6 Å². The predicted molar refractivity (Wildman–Crippen MR) is 99.4 cm³/mol. The van der Waals surface area contributed by atoms with Crippen LogP contribution in [0.25, 0.3) is 0 Å². The molecule has 0 unspecified atom stereocenters. The van der Waals surface area contributed by atoms with Crippen molar-refractivity contribution in [2.24, 2.45) is 0 Å². The van der Waals surface area contributed by atoms with Gasteiger partial charge in [0.25, 0.3) is 5.91 Å². The molecular weight excluding hydrogens is 326 g/mol. The highest BCUT2D eigenvalue weighted by molar-refractivity contribution is 7.79. The van der Waals surface area contributed by atoms with Crippen molar-refractivity contribution in [1.29, 1.82) is 0 Å². The Labute approximate surface area is 149 Å². The number of hydrogen-bond donors (Lipinski definition) is 4. The molecule has 7 heteroatoms. The molecular formula is C17H27N3O3S. The maximum absolute atomic E-state index is 11.0. The zero-order valence-electron chi connectivity index (χ0n) is 14.9. The molecule has 3 N–H and O–H groups in total. The van der Waals surface area contributed by atoms with E-state index in [4.69, 9.17) is 4.74 Å². The third-order valence-corrected chi connectivity index (χ3v) is 2.63. The number of hydrogen-bond acceptors (Lipinski definition) is 4. The first kappa shape index (κ1) is 21.9. The number of amides is 2. The number of nitrogens with one attached hydrogen (secondary N) is 3. The Morgan fingerprint density at radius 2 is 2.08 bits per heavy atom. The zero-order chi connectivity index (χ0) is 18.6. The second kappa shape index (κ2) is 11.5. The van der Waals surface area contributed by atoms with Crippen LogP contribution in [0.5, 0.6) is 0 Å². The lowest BCUT2D eigenvalue weighted by Crippen LogP contribution is -2.32. The number of aromatic amines is 1. The first-order valence-corrected chi connectivity index (χ1v) is 8.48. The molecule has 0 radical (unpaired) electrons. The van der Waals surface area contributed by atoms with Gasteiger partial charge in [-0.3, -0.25) is 4.79 Å². The summed E-state index contributed by atoms with van der Waals surface area (Å²) in [5.74, 6) is 5.41. The second-order valence-corrected chi connectivity index (χ2v) is 5.66. The molecule has 2 heterocycles. The normalized spacial score (nSPS) is 11.8. The number of fused-ring (bicyclic) bond motifs is 1. The van der Waals surface area contributed by atoms with E-state index in [1.807, 2.05) is 26.8 Å². The Hall–Kier alpha value is -2.07. The smallest absolute Gasteiger partial charge is 0.408 e. The van der Waals surface area contributed by atoms with Gasteiger partial charge in [-0.25, -0.2) is 4.79 Å². The number of rotatable bonds is 1. The van der Waals surface area contributed by atoms with Crippen molar-refractivity contribution in [2.45, 2.75) is 39.7 Å². The van der Waals surface area contributed by atoms with E-state index in [9.17, 15) is 9.59 Å². The molecule has 0 saturated carbocycles. The molecule has 1 aromatic rings. The Morgan fingerprint density at radius 3 is 2.62 bits per heavy atom. The zero-order valence-corrected chi connectivity index (χ0v) is 15.8. The summed E-state index contributed by atoms with van der Waals surface area (Å²) in [6, 6.07) is 1.81. The summed E-state index contributed by atoms with van der Waals surface area (Å²) in [5, 5.41) is 5.27. The summed E-state index contributed by atoms with van der Waals surface area (Å²) in [7, 11) is 0. The Bertz CT molecular complexity index is 580. The fourth-order valence-corrected chi connectivity index (χ4v) is 1.74. The van der Waals surface area contributed by atoms with Crippen LogP contribution >= 0.6 is 12.6 Å². The van der Waals surface area contributed by atoms with E-state index >= 15 is 0 Å². The van der Waals surface area contributed by atoms with Crippen LogP contribution in [-0.2, 0) is 11.2 Å². The highest BCUT2D eigenvalue weighted by atomic mass is 32.1. The summed E-state index contributed by atoms with van der Waals surface area (Å²) >= 11 is 3.53. The average molecular weight is 353 g/mol. The number of ether oxygens (including phenoxy) is 1. The number of aromatic nitrogens is 1.